The third kappa shape index (κ3) is 4.43. The smallest absolute Gasteiger partial charge is 0.277 e. The molecular formula is C21H20N4O3S. The molecule has 0 saturated carbocycles. The van der Waals surface area contributed by atoms with E-state index in [1.807, 2.05) is 48.8 Å². The summed E-state index contributed by atoms with van der Waals surface area (Å²) in [6.07, 6.45) is 3.79. The van der Waals surface area contributed by atoms with E-state index >= 15 is 0 Å². The lowest BCUT2D eigenvalue weighted by molar-refractivity contribution is 0.355. The van der Waals surface area contributed by atoms with Crippen molar-refractivity contribution in [2.24, 2.45) is 0 Å². The zero-order valence-electron chi connectivity index (χ0n) is 16.1. The van der Waals surface area contributed by atoms with Gasteiger partial charge in [0.15, 0.2) is 11.5 Å². The molecule has 8 heteroatoms. The van der Waals surface area contributed by atoms with E-state index in [2.05, 4.69) is 31.9 Å². The van der Waals surface area contributed by atoms with Gasteiger partial charge < -0.3 is 18.5 Å². The average molecular weight is 408 g/mol. The van der Waals surface area contributed by atoms with Gasteiger partial charge in [0.2, 0.25) is 5.89 Å². The van der Waals surface area contributed by atoms with Gasteiger partial charge in [-0.2, -0.15) is 0 Å². The predicted molar refractivity (Wildman–Crippen MR) is 110 cm³/mol. The van der Waals surface area contributed by atoms with Crippen LogP contribution in [0.2, 0.25) is 0 Å². The molecule has 148 valence electrons. The lowest BCUT2D eigenvalue weighted by Crippen LogP contribution is -2.03. The van der Waals surface area contributed by atoms with Gasteiger partial charge >= 0.3 is 0 Å². The zero-order valence-corrected chi connectivity index (χ0v) is 16.9. The van der Waals surface area contributed by atoms with Crippen molar-refractivity contribution in [2.75, 3.05) is 14.2 Å². The van der Waals surface area contributed by atoms with Crippen LogP contribution in [0.3, 0.4) is 0 Å². The number of rotatable bonds is 8. The number of aromatic nitrogens is 4. The second-order valence-electron chi connectivity index (χ2n) is 6.19. The van der Waals surface area contributed by atoms with E-state index in [4.69, 9.17) is 13.9 Å². The molecule has 2 aromatic carbocycles. The molecule has 2 heterocycles. The van der Waals surface area contributed by atoms with E-state index in [1.165, 1.54) is 17.3 Å². The molecule has 0 fully saturated rings. The Hall–Kier alpha value is -3.26. The van der Waals surface area contributed by atoms with E-state index in [-0.39, 0.29) is 0 Å². The fraction of sp³-hybridized carbons (Fsp3) is 0.190. The monoisotopic (exact) mass is 408 g/mol. The van der Waals surface area contributed by atoms with Crippen molar-refractivity contribution in [1.82, 2.24) is 19.7 Å². The topological polar surface area (TPSA) is 75.2 Å². The van der Waals surface area contributed by atoms with Crippen LogP contribution in [0.15, 0.2) is 70.6 Å². The van der Waals surface area contributed by atoms with Crippen LogP contribution >= 0.6 is 11.8 Å². The van der Waals surface area contributed by atoms with E-state index < -0.39 is 0 Å². The van der Waals surface area contributed by atoms with Crippen molar-refractivity contribution in [1.29, 1.82) is 0 Å². The second-order valence-corrected chi connectivity index (χ2v) is 7.12. The molecule has 0 atom stereocenters. The fourth-order valence-corrected chi connectivity index (χ4v) is 3.61. The Kier molecular flexibility index (Phi) is 5.81. The van der Waals surface area contributed by atoms with Crippen molar-refractivity contribution in [2.45, 2.75) is 17.5 Å². The van der Waals surface area contributed by atoms with Gasteiger partial charge in [-0.3, -0.25) is 0 Å². The number of ether oxygens (including phenoxy) is 2. The van der Waals surface area contributed by atoms with Gasteiger partial charge in [-0.1, -0.05) is 42.1 Å². The highest BCUT2D eigenvalue weighted by atomic mass is 32.2. The Morgan fingerprint density at radius 3 is 2.62 bits per heavy atom. The standard InChI is InChI=1S/C21H20N4O3S/c1-26-17-9-8-16(12-18(17)27-2)20-23-24-21(28-20)29-14-19-22-10-11-25(19)13-15-6-4-3-5-7-15/h3-12H,13-14H2,1-2H3. The lowest BCUT2D eigenvalue weighted by atomic mass is 10.2. The third-order valence-electron chi connectivity index (χ3n) is 4.36. The SMILES string of the molecule is COc1ccc(-c2nnc(SCc3nccn3Cc3ccccc3)o2)cc1OC. The van der Waals surface area contributed by atoms with Crippen LogP contribution in [0.4, 0.5) is 0 Å². The molecule has 0 saturated heterocycles. The van der Waals surface area contributed by atoms with E-state index in [0.717, 1.165) is 17.9 Å². The second kappa shape index (κ2) is 8.83. The Bertz CT molecular complexity index is 1080. The summed E-state index contributed by atoms with van der Waals surface area (Å²) >= 11 is 1.46. The summed E-state index contributed by atoms with van der Waals surface area (Å²) < 4.78 is 18.5. The van der Waals surface area contributed by atoms with Crippen molar-refractivity contribution < 1.29 is 13.9 Å². The first-order valence-electron chi connectivity index (χ1n) is 8.99. The van der Waals surface area contributed by atoms with Crippen molar-refractivity contribution in [3.05, 3.63) is 72.3 Å². The van der Waals surface area contributed by atoms with Gasteiger partial charge in [0.1, 0.15) is 5.82 Å². The van der Waals surface area contributed by atoms with E-state index in [1.54, 1.807) is 14.2 Å². The summed E-state index contributed by atoms with van der Waals surface area (Å²) in [4.78, 5) is 4.46. The lowest BCUT2D eigenvalue weighted by Gasteiger charge is -2.07. The molecule has 0 aliphatic carbocycles. The van der Waals surface area contributed by atoms with Crippen LogP contribution in [-0.4, -0.2) is 34.0 Å². The summed E-state index contributed by atoms with van der Waals surface area (Å²) in [5, 5.41) is 8.78. The van der Waals surface area contributed by atoms with Gasteiger partial charge in [0.05, 0.1) is 20.0 Å². The van der Waals surface area contributed by atoms with Gasteiger partial charge in [-0.15, -0.1) is 10.2 Å². The normalized spacial score (nSPS) is 10.8. The van der Waals surface area contributed by atoms with Gasteiger partial charge in [-0.05, 0) is 23.8 Å². The molecule has 4 aromatic rings. The third-order valence-corrected chi connectivity index (χ3v) is 5.17. The fourth-order valence-electron chi connectivity index (χ4n) is 2.88. The van der Waals surface area contributed by atoms with E-state index in [0.29, 0.717) is 28.4 Å². The maximum absolute atomic E-state index is 5.81. The van der Waals surface area contributed by atoms with Crippen LogP contribution in [-0.2, 0) is 12.3 Å². The number of methoxy groups -OCH3 is 2. The molecule has 0 bridgehead atoms. The first kappa shape index (κ1) is 19.1. The zero-order chi connectivity index (χ0) is 20.1. The molecule has 7 nitrogen and oxygen atoms in total. The van der Waals surface area contributed by atoms with Crippen LogP contribution in [0.25, 0.3) is 11.5 Å². The largest absolute Gasteiger partial charge is 0.493 e. The van der Waals surface area contributed by atoms with Gasteiger partial charge in [-0.25, -0.2) is 4.98 Å². The molecule has 0 aliphatic rings. The maximum atomic E-state index is 5.81. The highest BCUT2D eigenvalue weighted by Crippen LogP contribution is 2.33. The van der Waals surface area contributed by atoms with Crippen molar-refractivity contribution in [3.63, 3.8) is 0 Å². The molecule has 4 rings (SSSR count). The first-order valence-corrected chi connectivity index (χ1v) is 9.98. The van der Waals surface area contributed by atoms with Crippen LogP contribution in [0.1, 0.15) is 11.4 Å². The van der Waals surface area contributed by atoms with Crippen LogP contribution < -0.4 is 9.47 Å². The molecule has 0 unspecified atom stereocenters. The molecule has 0 aliphatic heterocycles. The molecule has 0 spiro atoms. The number of nitrogens with zero attached hydrogens (tertiary/aromatic N) is 4. The Labute approximate surface area is 172 Å². The first-order chi connectivity index (χ1) is 14.3. The Morgan fingerprint density at radius 1 is 1.00 bits per heavy atom. The number of hydrogen-bond acceptors (Lipinski definition) is 7. The minimum Gasteiger partial charge on any atom is -0.493 e. The highest BCUT2D eigenvalue weighted by molar-refractivity contribution is 7.98. The molecule has 2 aromatic heterocycles. The highest BCUT2D eigenvalue weighted by Gasteiger charge is 2.14. The Morgan fingerprint density at radius 2 is 1.83 bits per heavy atom. The average Bonchev–Trinajstić information content (AvgIpc) is 3.42. The molecule has 0 N–H and O–H groups in total. The van der Waals surface area contributed by atoms with Gasteiger partial charge in [0.25, 0.3) is 5.22 Å². The molecular weight excluding hydrogens is 388 g/mol. The summed E-state index contributed by atoms with van der Waals surface area (Å²) in [5.74, 6) is 3.27. The molecule has 0 radical (unpaired) electrons. The quantitative estimate of drug-likeness (QED) is 0.403. The predicted octanol–water partition coefficient (Wildman–Crippen LogP) is 4.29. The number of imidazole rings is 1. The Balaban J connectivity index is 1.44. The summed E-state index contributed by atoms with van der Waals surface area (Å²) in [6, 6.07) is 15.8. The summed E-state index contributed by atoms with van der Waals surface area (Å²) in [5.41, 5.74) is 2.00. The van der Waals surface area contributed by atoms with Crippen LogP contribution in [0, 0.1) is 0 Å². The maximum Gasteiger partial charge on any atom is 0.277 e. The number of benzene rings is 2. The van der Waals surface area contributed by atoms with E-state index in [9.17, 15) is 0 Å². The number of hydrogen-bond donors (Lipinski definition) is 0. The summed E-state index contributed by atoms with van der Waals surface area (Å²) in [7, 11) is 3.19. The molecule has 0 amide bonds. The van der Waals surface area contributed by atoms with Gasteiger partial charge in [0, 0.05) is 24.5 Å². The number of thioether (sulfide) groups is 1. The summed E-state index contributed by atoms with van der Waals surface area (Å²) in [6.45, 7) is 0.775. The van der Waals surface area contributed by atoms with Crippen molar-refractivity contribution >= 4 is 11.8 Å². The molecule has 29 heavy (non-hydrogen) atoms. The minimum atomic E-state index is 0.432. The minimum absolute atomic E-state index is 0.432. The van der Waals surface area contributed by atoms with Crippen molar-refractivity contribution in [3.8, 4) is 23.0 Å². The van der Waals surface area contributed by atoms with Crippen LogP contribution in [0.5, 0.6) is 11.5 Å².